The average molecular weight is 391 g/mol. The summed E-state index contributed by atoms with van der Waals surface area (Å²) in [6.07, 6.45) is 22.5. The zero-order chi connectivity index (χ0) is 16.3. The van der Waals surface area contributed by atoms with Gasteiger partial charge in [0.1, 0.15) is 0 Å². The van der Waals surface area contributed by atoms with Crippen molar-refractivity contribution in [2.75, 3.05) is 6.61 Å². The van der Waals surface area contributed by atoms with Crippen molar-refractivity contribution in [2.24, 2.45) is 0 Å². The van der Waals surface area contributed by atoms with Gasteiger partial charge < -0.3 is 9.42 Å². The maximum absolute atomic E-state index is 10.3. The Hall–Kier alpha value is 0.384. The Morgan fingerprint density at radius 2 is 1.22 bits per heavy atom. The van der Waals surface area contributed by atoms with E-state index in [2.05, 4.69) is 23.6 Å². The summed E-state index contributed by atoms with van der Waals surface area (Å²) >= 11 is 0. The number of hydrogen-bond donors (Lipinski definition) is 1. The molecule has 0 amide bonds. The summed E-state index contributed by atoms with van der Waals surface area (Å²) in [6, 6.07) is 0. The Labute approximate surface area is 154 Å². The molecule has 0 aliphatic heterocycles. The molecular weight excluding hydrogens is 354 g/mol. The van der Waals surface area contributed by atoms with Gasteiger partial charge in [-0.2, -0.15) is 0 Å². The minimum absolute atomic E-state index is 0. The minimum atomic E-state index is -2.71. The van der Waals surface area contributed by atoms with E-state index in [1.807, 2.05) is 0 Å². The molecule has 0 aliphatic carbocycles. The van der Waals surface area contributed by atoms with Gasteiger partial charge in [-0.1, -0.05) is 76.9 Å². The van der Waals surface area contributed by atoms with E-state index in [-0.39, 0.29) is 16.5 Å². The summed E-state index contributed by atoms with van der Waals surface area (Å²) in [5.41, 5.74) is 0. The maximum atomic E-state index is 10.3. The van der Waals surface area contributed by atoms with Gasteiger partial charge in [-0.3, -0.25) is 4.57 Å². The van der Waals surface area contributed by atoms with Gasteiger partial charge >= 0.3 is 8.25 Å². The van der Waals surface area contributed by atoms with Crippen molar-refractivity contribution >= 4 is 8.25 Å². The maximum Gasteiger partial charge on any atom is 0.316 e. The van der Waals surface area contributed by atoms with Gasteiger partial charge in [0.2, 0.25) is 0 Å². The normalized spacial score (nSPS) is 12.4. The van der Waals surface area contributed by atoms with Crippen LogP contribution in [0.3, 0.4) is 0 Å². The van der Waals surface area contributed by atoms with E-state index in [9.17, 15) is 4.57 Å². The molecule has 1 atom stereocenters. The van der Waals surface area contributed by atoms with Crippen LogP contribution in [0.25, 0.3) is 0 Å². The van der Waals surface area contributed by atoms with Crippen LogP contribution in [0, 0.1) is 0 Å². The largest absolute Gasteiger partial charge is 0.326 e. The minimum Gasteiger partial charge on any atom is -0.326 e. The molecule has 0 spiro atoms. The van der Waals surface area contributed by atoms with Crippen LogP contribution in [0.5, 0.6) is 0 Å². The molecule has 1 unspecified atom stereocenters. The van der Waals surface area contributed by atoms with Crippen molar-refractivity contribution in [1.82, 2.24) is 0 Å². The van der Waals surface area contributed by atoms with Gasteiger partial charge in [-0.25, -0.2) is 0 Å². The summed E-state index contributed by atoms with van der Waals surface area (Å²) in [7, 11) is -2.71. The molecule has 0 bridgehead atoms. The van der Waals surface area contributed by atoms with E-state index in [0.717, 1.165) is 12.8 Å². The predicted octanol–water partition coefficient (Wildman–Crippen LogP) is 6.42. The Balaban J connectivity index is 0. The SMILES string of the molecule is CCCCCCCC/C=C\CCCCCCCCO[PH](=O)O.[Ni]. The van der Waals surface area contributed by atoms with Crippen molar-refractivity contribution < 1.29 is 30.5 Å². The molecule has 0 aromatic rings. The Kier molecular flexibility index (Phi) is 24.9. The van der Waals surface area contributed by atoms with Crippen LogP contribution in [0.15, 0.2) is 12.2 Å². The summed E-state index contributed by atoms with van der Waals surface area (Å²) in [5, 5.41) is 0. The third-order valence-electron chi connectivity index (χ3n) is 3.88. The van der Waals surface area contributed by atoms with Crippen molar-refractivity contribution in [2.45, 2.75) is 96.8 Å². The number of allylic oxidation sites excluding steroid dienone is 2. The Morgan fingerprint density at radius 3 is 1.70 bits per heavy atom. The first kappa shape index (κ1) is 25.6. The third-order valence-corrected chi connectivity index (χ3v) is 4.33. The smallest absolute Gasteiger partial charge is 0.316 e. The van der Waals surface area contributed by atoms with Crippen molar-refractivity contribution in [3.8, 4) is 0 Å². The molecular formula is C18H37NiO3P. The van der Waals surface area contributed by atoms with Crippen molar-refractivity contribution in [3.63, 3.8) is 0 Å². The second-order valence-corrected chi connectivity index (χ2v) is 6.87. The zero-order valence-electron chi connectivity index (χ0n) is 14.8. The fraction of sp³-hybridized carbons (Fsp3) is 0.889. The fourth-order valence-electron chi connectivity index (χ4n) is 2.51. The van der Waals surface area contributed by atoms with Gasteiger partial charge in [-0.15, -0.1) is 0 Å². The van der Waals surface area contributed by atoms with E-state index < -0.39 is 8.25 Å². The first-order valence-electron chi connectivity index (χ1n) is 9.28. The van der Waals surface area contributed by atoms with E-state index in [4.69, 9.17) is 4.89 Å². The first-order valence-corrected chi connectivity index (χ1v) is 10.5. The summed E-state index contributed by atoms with van der Waals surface area (Å²) in [5.74, 6) is 0. The van der Waals surface area contributed by atoms with E-state index in [1.54, 1.807) is 0 Å². The number of rotatable bonds is 17. The summed E-state index contributed by atoms with van der Waals surface area (Å²) < 4.78 is 15.0. The molecule has 0 radical (unpaired) electrons. The first-order chi connectivity index (χ1) is 10.8. The van der Waals surface area contributed by atoms with Crippen LogP contribution in [0.1, 0.15) is 96.8 Å². The second kappa shape index (κ2) is 22.4. The monoisotopic (exact) mass is 390 g/mol. The molecule has 0 saturated heterocycles. The molecule has 0 fully saturated rings. The van der Waals surface area contributed by atoms with Gasteiger partial charge in [0.05, 0.1) is 6.61 Å². The van der Waals surface area contributed by atoms with E-state index in [1.165, 1.54) is 77.0 Å². The van der Waals surface area contributed by atoms with E-state index >= 15 is 0 Å². The molecule has 0 aromatic heterocycles. The molecule has 0 heterocycles. The van der Waals surface area contributed by atoms with Crippen LogP contribution in [-0.2, 0) is 25.6 Å². The molecule has 142 valence electrons. The fourth-order valence-corrected chi connectivity index (χ4v) is 2.83. The van der Waals surface area contributed by atoms with Gasteiger partial charge in [0.25, 0.3) is 0 Å². The third kappa shape index (κ3) is 24.8. The van der Waals surface area contributed by atoms with Crippen LogP contribution < -0.4 is 0 Å². The molecule has 5 heteroatoms. The topological polar surface area (TPSA) is 46.5 Å². The molecule has 23 heavy (non-hydrogen) atoms. The molecule has 3 nitrogen and oxygen atoms in total. The molecule has 0 saturated carbocycles. The Bertz CT molecular complexity index is 273. The van der Waals surface area contributed by atoms with E-state index in [0.29, 0.717) is 6.61 Å². The summed E-state index contributed by atoms with van der Waals surface area (Å²) in [4.78, 5) is 8.50. The zero-order valence-corrected chi connectivity index (χ0v) is 16.8. The predicted molar refractivity (Wildman–Crippen MR) is 96.6 cm³/mol. The van der Waals surface area contributed by atoms with Gasteiger partial charge in [-0.05, 0) is 32.1 Å². The molecule has 1 N–H and O–H groups in total. The molecule has 0 aromatic carbocycles. The number of hydrogen-bond acceptors (Lipinski definition) is 2. The quantitative estimate of drug-likeness (QED) is 0.135. The molecule has 0 rings (SSSR count). The number of unbranched alkanes of at least 4 members (excludes halogenated alkanes) is 12. The van der Waals surface area contributed by atoms with Crippen LogP contribution in [0.2, 0.25) is 0 Å². The van der Waals surface area contributed by atoms with Crippen LogP contribution >= 0.6 is 8.25 Å². The Morgan fingerprint density at radius 1 is 0.783 bits per heavy atom. The second-order valence-electron chi connectivity index (χ2n) is 6.05. The van der Waals surface area contributed by atoms with Crippen LogP contribution in [-0.4, -0.2) is 11.5 Å². The van der Waals surface area contributed by atoms with Crippen molar-refractivity contribution in [1.29, 1.82) is 0 Å². The average Bonchev–Trinajstić information content (AvgIpc) is 2.50. The van der Waals surface area contributed by atoms with Gasteiger partial charge in [0, 0.05) is 16.5 Å². The van der Waals surface area contributed by atoms with Gasteiger partial charge in [0.15, 0.2) is 0 Å². The molecule has 0 aliphatic rings. The summed E-state index contributed by atoms with van der Waals surface area (Å²) in [6.45, 7) is 2.69. The van der Waals surface area contributed by atoms with Crippen molar-refractivity contribution in [3.05, 3.63) is 12.2 Å². The standard InChI is InChI=1S/C18H37O3P.Ni/c1-2-3-4-5-6-7-8-9-10-11-12-13-14-15-16-17-18-21-22(19)20;/h9-10,22H,2-8,11-18H2,1H3,(H,19,20);/b10-9-;. The van der Waals surface area contributed by atoms with Crippen LogP contribution in [0.4, 0.5) is 0 Å².